The maximum atomic E-state index is 5.28. The van der Waals surface area contributed by atoms with Gasteiger partial charge in [-0.1, -0.05) is 19.3 Å². The quantitative estimate of drug-likeness (QED) is 0.465. The molecule has 0 unspecified atom stereocenters. The molecule has 7 heteroatoms. The number of aromatic amines is 2. The van der Waals surface area contributed by atoms with Crippen molar-refractivity contribution in [2.24, 2.45) is 0 Å². The number of hydrogen-bond donors (Lipinski definition) is 3. The van der Waals surface area contributed by atoms with E-state index in [-0.39, 0.29) is 0 Å². The number of pyridine rings is 1. The zero-order chi connectivity index (χ0) is 20.8. The van der Waals surface area contributed by atoms with Gasteiger partial charge in [0.05, 0.1) is 34.8 Å². The molecule has 7 nitrogen and oxygen atoms in total. The fraction of sp³-hybridized carbons (Fsp3) is 0.458. The molecule has 0 radical (unpaired) electrons. The predicted octanol–water partition coefficient (Wildman–Crippen LogP) is 4.27. The van der Waals surface area contributed by atoms with Crippen LogP contribution in [0.3, 0.4) is 0 Å². The number of anilines is 1. The number of hydrogen-bond acceptors (Lipinski definition) is 5. The van der Waals surface area contributed by atoms with Crippen molar-refractivity contribution in [1.29, 1.82) is 0 Å². The minimum atomic E-state index is 0.571. The van der Waals surface area contributed by atoms with Crippen LogP contribution in [0.5, 0.6) is 0 Å². The highest BCUT2D eigenvalue weighted by Gasteiger charge is 2.25. The van der Waals surface area contributed by atoms with E-state index < -0.39 is 0 Å². The molecule has 4 aromatic rings. The van der Waals surface area contributed by atoms with Crippen molar-refractivity contribution in [3.05, 3.63) is 35.8 Å². The van der Waals surface area contributed by atoms with Gasteiger partial charge in [0.25, 0.3) is 0 Å². The number of piperazine rings is 1. The van der Waals surface area contributed by atoms with E-state index >= 15 is 0 Å². The first kappa shape index (κ1) is 18.8. The van der Waals surface area contributed by atoms with Crippen LogP contribution in [0.1, 0.15) is 49.3 Å². The average molecular weight is 416 g/mol. The van der Waals surface area contributed by atoms with E-state index in [0.29, 0.717) is 5.92 Å². The molecule has 160 valence electrons. The first-order chi connectivity index (χ1) is 15.3. The number of benzene rings is 1. The molecular formula is C24H29N7. The molecule has 1 saturated carbocycles. The summed E-state index contributed by atoms with van der Waals surface area (Å²) in [6.07, 6.45) is 10.4. The third-order valence-corrected chi connectivity index (χ3v) is 7.12. The van der Waals surface area contributed by atoms with Crippen LogP contribution in [0.15, 0.2) is 24.5 Å². The molecule has 1 aliphatic carbocycles. The lowest BCUT2D eigenvalue weighted by Gasteiger charge is -2.31. The summed E-state index contributed by atoms with van der Waals surface area (Å²) >= 11 is 0. The summed E-state index contributed by atoms with van der Waals surface area (Å²) < 4.78 is 0. The molecule has 3 N–H and O–H groups in total. The van der Waals surface area contributed by atoms with Gasteiger partial charge in [-0.25, -0.2) is 4.98 Å². The zero-order valence-electron chi connectivity index (χ0n) is 18.0. The van der Waals surface area contributed by atoms with Crippen molar-refractivity contribution >= 4 is 27.5 Å². The van der Waals surface area contributed by atoms with Crippen LogP contribution >= 0.6 is 0 Å². The van der Waals surface area contributed by atoms with Gasteiger partial charge in [-0.3, -0.25) is 10.2 Å². The number of fused-ring (bicyclic) bond motifs is 3. The van der Waals surface area contributed by atoms with Crippen LogP contribution in [0.25, 0.3) is 33.1 Å². The number of rotatable bonds is 3. The number of nitrogens with zero attached hydrogens (tertiary/aromatic N) is 4. The molecule has 2 fully saturated rings. The summed E-state index contributed by atoms with van der Waals surface area (Å²) in [5, 5.41) is 21.0. The Kier molecular flexibility index (Phi) is 4.64. The molecule has 3 aromatic heterocycles. The Hall–Kier alpha value is -2.93. The minimum Gasteiger partial charge on any atom is -0.367 e. The van der Waals surface area contributed by atoms with Crippen molar-refractivity contribution in [3.63, 3.8) is 0 Å². The Morgan fingerprint density at radius 1 is 0.968 bits per heavy atom. The highest BCUT2D eigenvalue weighted by atomic mass is 15.2. The number of H-pyrrole nitrogens is 2. The van der Waals surface area contributed by atoms with Gasteiger partial charge in [-0.15, -0.1) is 0 Å². The summed E-state index contributed by atoms with van der Waals surface area (Å²) in [6.45, 7) is 6.05. The number of aryl methyl sites for hydroxylation is 1. The Balaban J connectivity index is 1.67. The van der Waals surface area contributed by atoms with Gasteiger partial charge < -0.3 is 10.2 Å². The van der Waals surface area contributed by atoms with Crippen LogP contribution in [0.2, 0.25) is 0 Å². The second kappa shape index (κ2) is 7.64. The van der Waals surface area contributed by atoms with E-state index in [9.17, 15) is 0 Å². The molecule has 0 amide bonds. The lowest BCUT2D eigenvalue weighted by molar-refractivity contribution is 0.445. The second-order valence-electron chi connectivity index (χ2n) is 9.03. The second-order valence-corrected chi connectivity index (χ2v) is 9.03. The molecule has 2 aliphatic rings. The van der Waals surface area contributed by atoms with E-state index in [4.69, 9.17) is 4.98 Å². The fourth-order valence-corrected chi connectivity index (χ4v) is 5.47. The van der Waals surface area contributed by atoms with Crippen molar-refractivity contribution in [3.8, 4) is 11.3 Å². The molecule has 1 aromatic carbocycles. The van der Waals surface area contributed by atoms with Crippen LogP contribution in [-0.2, 0) is 0 Å². The largest absolute Gasteiger partial charge is 0.367 e. The molecule has 0 atom stereocenters. The molecule has 0 bridgehead atoms. The van der Waals surface area contributed by atoms with Gasteiger partial charge in [-0.2, -0.15) is 10.2 Å². The van der Waals surface area contributed by atoms with Gasteiger partial charge in [0.15, 0.2) is 0 Å². The van der Waals surface area contributed by atoms with E-state index in [2.05, 4.69) is 49.7 Å². The molecule has 1 saturated heterocycles. The Labute approximate surface area is 181 Å². The Morgan fingerprint density at radius 3 is 2.55 bits per heavy atom. The lowest BCUT2D eigenvalue weighted by atomic mass is 9.81. The zero-order valence-corrected chi connectivity index (χ0v) is 18.0. The van der Waals surface area contributed by atoms with E-state index in [1.165, 1.54) is 54.1 Å². The third-order valence-electron chi connectivity index (χ3n) is 7.12. The summed E-state index contributed by atoms with van der Waals surface area (Å²) in [4.78, 5) is 7.75. The summed E-state index contributed by atoms with van der Waals surface area (Å²) in [5.74, 6) is 0.571. The number of aromatic nitrogens is 5. The van der Waals surface area contributed by atoms with Gasteiger partial charge in [0, 0.05) is 48.2 Å². The standard InChI is InChI=1S/C24H29N7/c1-15-18(13-26-29-15)20-11-17(16-5-3-2-4-6-16)23-19-14-27-30-21(19)12-22(24(23)28-20)31-9-7-25-8-10-31/h11-14,16,25H,2-10H2,1H3,(H,26,29)(H,27,30). The first-order valence-electron chi connectivity index (χ1n) is 11.6. The average Bonchev–Trinajstić information content (AvgIpc) is 3.47. The Bertz CT molecular complexity index is 1230. The third kappa shape index (κ3) is 3.19. The topological polar surface area (TPSA) is 85.5 Å². The number of nitrogens with one attached hydrogen (secondary N) is 3. The fourth-order valence-electron chi connectivity index (χ4n) is 5.47. The van der Waals surface area contributed by atoms with E-state index in [0.717, 1.165) is 54.2 Å². The highest BCUT2D eigenvalue weighted by molar-refractivity contribution is 6.12. The van der Waals surface area contributed by atoms with Crippen molar-refractivity contribution in [1.82, 2.24) is 30.7 Å². The van der Waals surface area contributed by atoms with Crippen LogP contribution in [0.4, 0.5) is 5.69 Å². The van der Waals surface area contributed by atoms with Crippen LogP contribution < -0.4 is 10.2 Å². The SMILES string of the molecule is Cc1[nH]ncc1-c1cc(C2CCCCC2)c2c(n1)c(N1CCNCC1)cc1[nH]ncc12. The maximum Gasteiger partial charge on any atom is 0.0953 e. The van der Waals surface area contributed by atoms with Crippen LogP contribution in [-0.4, -0.2) is 51.6 Å². The maximum absolute atomic E-state index is 5.28. The minimum absolute atomic E-state index is 0.571. The van der Waals surface area contributed by atoms with E-state index in [1.54, 1.807) is 0 Å². The predicted molar refractivity (Wildman–Crippen MR) is 125 cm³/mol. The molecule has 1 aliphatic heterocycles. The van der Waals surface area contributed by atoms with Crippen molar-refractivity contribution in [2.45, 2.75) is 44.9 Å². The van der Waals surface area contributed by atoms with E-state index in [1.807, 2.05) is 12.4 Å². The monoisotopic (exact) mass is 415 g/mol. The molecule has 4 heterocycles. The van der Waals surface area contributed by atoms with Crippen molar-refractivity contribution < 1.29 is 0 Å². The molecule has 6 rings (SSSR count). The van der Waals surface area contributed by atoms with Gasteiger partial charge >= 0.3 is 0 Å². The lowest BCUT2D eigenvalue weighted by Crippen LogP contribution is -2.43. The van der Waals surface area contributed by atoms with Gasteiger partial charge in [0.2, 0.25) is 0 Å². The molecular weight excluding hydrogens is 386 g/mol. The van der Waals surface area contributed by atoms with Gasteiger partial charge in [-0.05, 0) is 43.4 Å². The highest BCUT2D eigenvalue weighted by Crippen LogP contribution is 2.43. The van der Waals surface area contributed by atoms with Gasteiger partial charge in [0.1, 0.15) is 0 Å². The first-order valence-corrected chi connectivity index (χ1v) is 11.6. The normalized spacial score (nSPS) is 18.3. The summed E-state index contributed by atoms with van der Waals surface area (Å²) in [6, 6.07) is 4.59. The Morgan fingerprint density at radius 2 is 1.77 bits per heavy atom. The van der Waals surface area contributed by atoms with Crippen LogP contribution in [0, 0.1) is 6.92 Å². The molecule has 31 heavy (non-hydrogen) atoms. The summed E-state index contributed by atoms with van der Waals surface area (Å²) in [5.41, 5.74) is 8.05. The summed E-state index contributed by atoms with van der Waals surface area (Å²) in [7, 11) is 0. The molecule has 0 spiro atoms. The smallest absolute Gasteiger partial charge is 0.0953 e. The van der Waals surface area contributed by atoms with Crippen molar-refractivity contribution in [2.75, 3.05) is 31.1 Å².